The first-order chi connectivity index (χ1) is 4.38. The highest BCUT2D eigenvalue weighted by molar-refractivity contribution is 5.00. The van der Waals surface area contributed by atoms with Crippen LogP contribution in [0.15, 0.2) is 12.2 Å². The molecule has 2 atom stereocenters. The summed E-state index contributed by atoms with van der Waals surface area (Å²) in [7, 11) is 0. The van der Waals surface area contributed by atoms with E-state index in [9.17, 15) is 0 Å². The quantitative estimate of drug-likeness (QED) is 0.520. The highest BCUT2D eigenvalue weighted by Crippen LogP contribution is 2.23. The third kappa shape index (κ3) is 1.32. The average Bonchev–Trinajstić information content (AvgIpc) is 2.33. The maximum absolute atomic E-state index is 8.72. The van der Waals surface area contributed by atoms with Crippen LogP contribution in [0.5, 0.6) is 0 Å². The summed E-state index contributed by atoms with van der Waals surface area (Å²) in [6, 6.07) is 0. The first-order valence-electron chi connectivity index (χ1n) is 3.27. The molecule has 0 heterocycles. The van der Waals surface area contributed by atoms with E-state index >= 15 is 0 Å². The van der Waals surface area contributed by atoms with Crippen molar-refractivity contribution in [2.45, 2.75) is 6.42 Å². The molecule has 0 aromatic carbocycles. The van der Waals surface area contributed by atoms with Crippen molar-refractivity contribution in [2.75, 3.05) is 13.2 Å². The molecular weight excluding hydrogens is 116 g/mol. The molecule has 2 nitrogen and oxygen atoms in total. The second-order valence-corrected chi connectivity index (χ2v) is 2.45. The minimum atomic E-state index is 0.168. The van der Waals surface area contributed by atoms with E-state index in [1.165, 1.54) is 0 Å². The molecule has 0 amide bonds. The summed E-state index contributed by atoms with van der Waals surface area (Å²) in [6.07, 6.45) is 4.91. The Labute approximate surface area is 54.8 Å². The first kappa shape index (κ1) is 6.78. The third-order valence-electron chi connectivity index (χ3n) is 1.87. The summed E-state index contributed by atoms with van der Waals surface area (Å²) >= 11 is 0. The summed E-state index contributed by atoms with van der Waals surface area (Å²) in [6.45, 7) is 0.361. The third-order valence-corrected chi connectivity index (χ3v) is 1.87. The van der Waals surface area contributed by atoms with Gasteiger partial charge in [0.25, 0.3) is 0 Å². The Kier molecular flexibility index (Phi) is 2.25. The standard InChI is InChI=1S/C7H12O2/c8-4-6-2-1-3-7(6)5-9/h1-2,6-9H,3-5H2/t6-,7+/m1/s1. The minimum absolute atomic E-state index is 0.168. The van der Waals surface area contributed by atoms with Crippen LogP contribution < -0.4 is 0 Å². The maximum atomic E-state index is 8.72. The Hall–Kier alpha value is -0.340. The number of hydrogen-bond donors (Lipinski definition) is 2. The van der Waals surface area contributed by atoms with Gasteiger partial charge < -0.3 is 10.2 Å². The Morgan fingerprint density at radius 3 is 2.56 bits per heavy atom. The molecule has 1 rings (SSSR count). The topological polar surface area (TPSA) is 40.5 Å². The number of aliphatic hydroxyl groups is 2. The van der Waals surface area contributed by atoms with Crippen molar-refractivity contribution in [3.8, 4) is 0 Å². The molecule has 0 saturated carbocycles. The lowest BCUT2D eigenvalue weighted by Crippen LogP contribution is -2.15. The van der Waals surface area contributed by atoms with Gasteiger partial charge in [0.05, 0.1) is 0 Å². The molecule has 0 aliphatic heterocycles. The van der Waals surface area contributed by atoms with Crippen molar-refractivity contribution >= 4 is 0 Å². The van der Waals surface area contributed by atoms with Gasteiger partial charge in [-0.25, -0.2) is 0 Å². The summed E-state index contributed by atoms with van der Waals surface area (Å²) in [5.41, 5.74) is 0. The zero-order valence-electron chi connectivity index (χ0n) is 5.33. The highest BCUT2D eigenvalue weighted by atomic mass is 16.3. The van der Waals surface area contributed by atoms with E-state index in [0.29, 0.717) is 0 Å². The molecule has 0 saturated heterocycles. The largest absolute Gasteiger partial charge is 0.396 e. The normalized spacial score (nSPS) is 33.6. The van der Waals surface area contributed by atoms with E-state index < -0.39 is 0 Å². The van der Waals surface area contributed by atoms with Gasteiger partial charge in [-0.1, -0.05) is 12.2 Å². The van der Waals surface area contributed by atoms with Crippen LogP contribution in [0, 0.1) is 11.8 Å². The van der Waals surface area contributed by atoms with Crippen LogP contribution in [-0.2, 0) is 0 Å². The van der Waals surface area contributed by atoms with Gasteiger partial charge in [-0.3, -0.25) is 0 Å². The minimum Gasteiger partial charge on any atom is -0.396 e. The van der Waals surface area contributed by atoms with Crippen LogP contribution in [0.25, 0.3) is 0 Å². The van der Waals surface area contributed by atoms with Crippen LogP contribution in [0.3, 0.4) is 0 Å². The van der Waals surface area contributed by atoms with Crippen LogP contribution >= 0.6 is 0 Å². The molecule has 0 spiro atoms. The number of allylic oxidation sites excluding steroid dienone is 1. The lowest BCUT2D eigenvalue weighted by molar-refractivity contribution is 0.155. The Morgan fingerprint density at radius 2 is 2.11 bits per heavy atom. The maximum Gasteiger partial charge on any atom is 0.0497 e. The van der Waals surface area contributed by atoms with Gasteiger partial charge in [-0.05, 0) is 12.3 Å². The monoisotopic (exact) mass is 128 g/mol. The SMILES string of the molecule is OC[C@@H]1CC=C[C@@H]1CO. The van der Waals surface area contributed by atoms with Crippen LogP contribution in [-0.4, -0.2) is 23.4 Å². The number of rotatable bonds is 2. The molecular formula is C7H12O2. The second-order valence-electron chi connectivity index (χ2n) is 2.45. The van der Waals surface area contributed by atoms with Crippen molar-refractivity contribution < 1.29 is 10.2 Å². The predicted molar refractivity (Wildman–Crippen MR) is 34.9 cm³/mol. The Bertz CT molecular complexity index is 109. The summed E-state index contributed by atoms with van der Waals surface area (Å²) in [5.74, 6) is 0.477. The number of aliphatic hydroxyl groups excluding tert-OH is 2. The highest BCUT2D eigenvalue weighted by Gasteiger charge is 2.20. The molecule has 0 aromatic heterocycles. The summed E-state index contributed by atoms with van der Waals surface area (Å²) in [4.78, 5) is 0. The molecule has 0 aromatic rings. The van der Waals surface area contributed by atoms with Gasteiger partial charge in [-0.15, -0.1) is 0 Å². The van der Waals surface area contributed by atoms with Crippen molar-refractivity contribution in [3.05, 3.63) is 12.2 Å². The van der Waals surface area contributed by atoms with Gasteiger partial charge in [0, 0.05) is 19.1 Å². The fourth-order valence-electron chi connectivity index (χ4n) is 1.18. The molecule has 2 N–H and O–H groups in total. The van der Waals surface area contributed by atoms with Gasteiger partial charge in [0.15, 0.2) is 0 Å². The van der Waals surface area contributed by atoms with Crippen LogP contribution in [0.1, 0.15) is 6.42 Å². The van der Waals surface area contributed by atoms with E-state index in [2.05, 4.69) is 0 Å². The lowest BCUT2D eigenvalue weighted by atomic mass is 9.98. The summed E-state index contributed by atoms with van der Waals surface area (Å²) < 4.78 is 0. The number of hydrogen-bond acceptors (Lipinski definition) is 2. The van der Waals surface area contributed by atoms with Gasteiger partial charge in [0.2, 0.25) is 0 Å². The van der Waals surface area contributed by atoms with E-state index in [1.54, 1.807) is 0 Å². The molecule has 52 valence electrons. The van der Waals surface area contributed by atoms with E-state index in [0.717, 1.165) is 6.42 Å². The van der Waals surface area contributed by atoms with Crippen LogP contribution in [0.4, 0.5) is 0 Å². The smallest absolute Gasteiger partial charge is 0.0497 e. The molecule has 1 aliphatic rings. The van der Waals surface area contributed by atoms with E-state index in [-0.39, 0.29) is 25.0 Å². The van der Waals surface area contributed by atoms with Gasteiger partial charge in [0.1, 0.15) is 0 Å². The Morgan fingerprint density at radius 1 is 1.33 bits per heavy atom. The van der Waals surface area contributed by atoms with Crippen molar-refractivity contribution in [1.29, 1.82) is 0 Å². The molecule has 0 bridgehead atoms. The first-order valence-corrected chi connectivity index (χ1v) is 3.27. The van der Waals surface area contributed by atoms with Gasteiger partial charge >= 0.3 is 0 Å². The molecule has 0 fully saturated rings. The van der Waals surface area contributed by atoms with E-state index in [1.807, 2.05) is 12.2 Å². The fourth-order valence-corrected chi connectivity index (χ4v) is 1.18. The molecule has 2 heteroatoms. The zero-order chi connectivity index (χ0) is 6.69. The Balaban J connectivity index is 2.39. The van der Waals surface area contributed by atoms with Crippen LogP contribution in [0.2, 0.25) is 0 Å². The molecule has 0 unspecified atom stereocenters. The second kappa shape index (κ2) is 2.99. The summed E-state index contributed by atoms with van der Waals surface area (Å²) in [5, 5.41) is 17.4. The van der Waals surface area contributed by atoms with Crippen molar-refractivity contribution in [1.82, 2.24) is 0 Å². The average molecular weight is 128 g/mol. The molecule has 9 heavy (non-hydrogen) atoms. The van der Waals surface area contributed by atoms with E-state index in [4.69, 9.17) is 10.2 Å². The fraction of sp³-hybridized carbons (Fsp3) is 0.714. The zero-order valence-corrected chi connectivity index (χ0v) is 5.33. The van der Waals surface area contributed by atoms with Crippen molar-refractivity contribution in [2.24, 2.45) is 11.8 Å². The lowest BCUT2D eigenvalue weighted by Gasteiger charge is -2.12. The molecule has 0 radical (unpaired) electrons. The molecule has 1 aliphatic carbocycles. The van der Waals surface area contributed by atoms with Gasteiger partial charge in [-0.2, -0.15) is 0 Å². The van der Waals surface area contributed by atoms with Crippen molar-refractivity contribution in [3.63, 3.8) is 0 Å². The predicted octanol–water partition coefficient (Wildman–Crippen LogP) is 0.163.